The number of phenols is 1. The average Bonchev–Trinajstić information content (AvgIpc) is 3.08. The summed E-state index contributed by atoms with van der Waals surface area (Å²) in [6.07, 6.45) is 0. The number of nitrogens with one attached hydrogen (secondary N) is 1. The first-order valence-corrected chi connectivity index (χ1v) is 10.5. The van der Waals surface area contributed by atoms with Crippen molar-refractivity contribution in [2.75, 3.05) is 45.7 Å². The monoisotopic (exact) mass is 443 g/mol. The average molecular weight is 444 g/mol. The number of amides is 1. The van der Waals surface area contributed by atoms with Crippen LogP contribution >= 0.6 is 11.6 Å². The third kappa shape index (κ3) is 4.35. The number of furan rings is 1. The Morgan fingerprint density at radius 2 is 1.97 bits per heavy atom. The first-order chi connectivity index (χ1) is 14.9. The van der Waals surface area contributed by atoms with E-state index in [-0.39, 0.29) is 11.7 Å². The minimum atomic E-state index is -0.317. The molecule has 2 aromatic carbocycles. The molecule has 1 amide bonds. The van der Waals surface area contributed by atoms with E-state index in [0.29, 0.717) is 50.9 Å². The number of anilines is 1. The van der Waals surface area contributed by atoms with Gasteiger partial charge in [-0.3, -0.25) is 9.69 Å². The van der Waals surface area contributed by atoms with Gasteiger partial charge >= 0.3 is 0 Å². The SMILES string of the molecule is COc1ccc(NC(=O)c2c(C)oc3ccc(O)c(CN4CCN(C)CC4)c23)cc1Cl. The van der Waals surface area contributed by atoms with Crippen molar-refractivity contribution < 1.29 is 19.1 Å². The minimum Gasteiger partial charge on any atom is -0.508 e. The van der Waals surface area contributed by atoms with Crippen molar-refractivity contribution in [2.45, 2.75) is 13.5 Å². The maximum absolute atomic E-state index is 13.2. The Kier molecular flexibility index (Phi) is 6.09. The molecule has 0 atom stereocenters. The highest BCUT2D eigenvalue weighted by molar-refractivity contribution is 6.32. The van der Waals surface area contributed by atoms with Gasteiger partial charge in [-0.05, 0) is 44.3 Å². The van der Waals surface area contributed by atoms with Crippen molar-refractivity contribution in [1.29, 1.82) is 0 Å². The van der Waals surface area contributed by atoms with Gasteiger partial charge < -0.3 is 24.5 Å². The molecule has 1 aliphatic rings. The Balaban J connectivity index is 1.68. The van der Waals surface area contributed by atoms with E-state index in [1.54, 1.807) is 37.3 Å². The number of piperazine rings is 1. The fraction of sp³-hybridized carbons (Fsp3) is 0.348. The highest BCUT2D eigenvalue weighted by atomic mass is 35.5. The molecule has 0 saturated carbocycles. The summed E-state index contributed by atoms with van der Waals surface area (Å²) in [5, 5.41) is 14.6. The summed E-state index contributed by atoms with van der Waals surface area (Å²) in [5.74, 6) is 0.873. The maximum Gasteiger partial charge on any atom is 0.259 e. The molecule has 2 heterocycles. The van der Waals surface area contributed by atoms with Gasteiger partial charge in [0.25, 0.3) is 5.91 Å². The van der Waals surface area contributed by atoms with Crippen molar-refractivity contribution in [3.8, 4) is 11.5 Å². The van der Waals surface area contributed by atoms with E-state index in [2.05, 4.69) is 22.2 Å². The van der Waals surface area contributed by atoms with E-state index in [0.717, 1.165) is 26.2 Å². The quantitative estimate of drug-likeness (QED) is 0.618. The summed E-state index contributed by atoms with van der Waals surface area (Å²) >= 11 is 6.19. The topological polar surface area (TPSA) is 78.2 Å². The van der Waals surface area contributed by atoms with Crippen LogP contribution in [0.5, 0.6) is 11.5 Å². The lowest BCUT2D eigenvalue weighted by atomic mass is 10.0. The molecule has 2 N–H and O–H groups in total. The maximum atomic E-state index is 13.2. The molecule has 8 heteroatoms. The Bertz CT molecular complexity index is 1120. The summed E-state index contributed by atoms with van der Waals surface area (Å²) in [4.78, 5) is 17.8. The summed E-state index contributed by atoms with van der Waals surface area (Å²) in [6.45, 7) is 6.03. The van der Waals surface area contributed by atoms with Gasteiger partial charge in [0.05, 0.1) is 17.7 Å². The summed E-state index contributed by atoms with van der Waals surface area (Å²) in [5.41, 5.74) is 2.25. The van der Waals surface area contributed by atoms with E-state index in [4.69, 9.17) is 20.8 Å². The predicted molar refractivity (Wildman–Crippen MR) is 121 cm³/mol. The van der Waals surface area contributed by atoms with Crippen molar-refractivity contribution in [3.63, 3.8) is 0 Å². The van der Waals surface area contributed by atoms with E-state index < -0.39 is 0 Å². The van der Waals surface area contributed by atoms with Crippen LogP contribution in [0.25, 0.3) is 11.0 Å². The highest BCUT2D eigenvalue weighted by Gasteiger charge is 2.25. The molecule has 1 aliphatic heterocycles. The lowest BCUT2D eigenvalue weighted by molar-refractivity contribution is 0.102. The fourth-order valence-corrected chi connectivity index (χ4v) is 4.22. The van der Waals surface area contributed by atoms with Crippen molar-refractivity contribution in [3.05, 3.63) is 52.2 Å². The number of methoxy groups -OCH3 is 1. The molecule has 7 nitrogen and oxygen atoms in total. The zero-order valence-electron chi connectivity index (χ0n) is 17.9. The summed E-state index contributed by atoms with van der Waals surface area (Å²) < 4.78 is 11.0. The zero-order valence-corrected chi connectivity index (χ0v) is 18.6. The van der Waals surface area contributed by atoms with Crippen LogP contribution in [0.4, 0.5) is 5.69 Å². The predicted octanol–water partition coefficient (Wildman–Crippen LogP) is 4.11. The normalized spacial score (nSPS) is 15.4. The number of aryl methyl sites for hydroxylation is 1. The second kappa shape index (κ2) is 8.78. The van der Waals surface area contributed by atoms with E-state index >= 15 is 0 Å². The number of benzene rings is 2. The van der Waals surface area contributed by atoms with Gasteiger partial charge in [0.2, 0.25) is 0 Å². The molecule has 0 spiro atoms. The molecule has 1 aromatic heterocycles. The largest absolute Gasteiger partial charge is 0.508 e. The molecule has 1 saturated heterocycles. The van der Waals surface area contributed by atoms with Crippen LogP contribution in [0.1, 0.15) is 21.7 Å². The van der Waals surface area contributed by atoms with Crippen LogP contribution in [0, 0.1) is 6.92 Å². The minimum absolute atomic E-state index is 0.161. The lowest BCUT2D eigenvalue weighted by Crippen LogP contribution is -2.43. The van der Waals surface area contributed by atoms with Gasteiger partial charge in [-0.25, -0.2) is 0 Å². The first-order valence-electron chi connectivity index (χ1n) is 10.2. The van der Waals surface area contributed by atoms with Crippen LogP contribution in [-0.4, -0.2) is 61.2 Å². The molecule has 1 fully saturated rings. The van der Waals surface area contributed by atoms with Crippen LogP contribution in [0.2, 0.25) is 5.02 Å². The molecule has 0 unspecified atom stereocenters. The smallest absolute Gasteiger partial charge is 0.259 e. The van der Waals surface area contributed by atoms with Crippen LogP contribution < -0.4 is 10.1 Å². The van der Waals surface area contributed by atoms with Gasteiger partial charge in [0, 0.05) is 49.4 Å². The van der Waals surface area contributed by atoms with Crippen LogP contribution in [0.15, 0.2) is 34.7 Å². The summed E-state index contributed by atoms with van der Waals surface area (Å²) in [7, 11) is 3.64. The molecule has 0 aliphatic carbocycles. The van der Waals surface area contributed by atoms with E-state index in [1.165, 1.54) is 7.11 Å². The van der Waals surface area contributed by atoms with Gasteiger partial charge in [-0.1, -0.05) is 11.6 Å². The number of likely N-dealkylation sites (N-methyl/N-ethyl adjacent to an activating group) is 1. The van der Waals surface area contributed by atoms with Crippen LogP contribution in [0.3, 0.4) is 0 Å². The number of ether oxygens (including phenoxy) is 1. The third-order valence-electron chi connectivity index (χ3n) is 5.73. The van der Waals surface area contributed by atoms with Crippen LogP contribution in [-0.2, 0) is 6.54 Å². The van der Waals surface area contributed by atoms with Crippen molar-refractivity contribution in [1.82, 2.24) is 9.80 Å². The molecular weight excluding hydrogens is 418 g/mol. The molecule has 31 heavy (non-hydrogen) atoms. The van der Waals surface area contributed by atoms with E-state index in [1.807, 2.05) is 0 Å². The van der Waals surface area contributed by atoms with Crippen molar-refractivity contribution >= 4 is 34.2 Å². The third-order valence-corrected chi connectivity index (χ3v) is 6.02. The second-order valence-corrected chi connectivity index (χ2v) is 8.26. The molecule has 0 radical (unpaired) electrons. The number of aromatic hydroxyl groups is 1. The number of carbonyl (C=O) groups excluding carboxylic acids is 1. The summed E-state index contributed by atoms with van der Waals surface area (Å²) in [6, 6.07) is 8.39. The van der Waals surface area contributed by atoms with Gasteiger partial charge in [0.15, 0.2) is 0 Å². The molecule has 0 bridgehead atoms. The Morgan fingerprint density at radius 3 is 2.65 bits per heavy atom. The number of hydrogen-bond acceptors (Lipinski definition) is 6. The molecule has 164 valence electrons. The fourth-order valence-electron chi connectivity index (χ4n) is 3.97. The Labute approximate surface area is 186 Å². The Hall–Kier alpha value is -2.74. The highest BCUT2D eigenvalue weighted by Crippen LogP contribution is 2.35. The lowest BCUT2D eigenvalue weighted by Gasteiger charge is -2.32. The van der Waals surface area contributed by atoms with Gasteiger partial charge in [-0.15, -0.1) is 0 Å². The molecular formula is C23H26ClN3O4. The standard InChI is InChI=1S/C23H26ClN3O4/c1-14-21(23(29)25-15-4-6-19(30-3)17(24)12-15)22-16(18(28)5-7-20(22)31-14)13-27-10-8-26(2)9-11-27/h4-7,12,28H,8-11,13H2,1-3H3,(H,25,29). The number of halogens is 1. The number of carbonyl (C=O) groups is 1. The van der Waals surface area contributed by atoms with E-state index in [9.17, 15) is 9.90 Å². The van der Waals surface area contributed by atoms with Crippen molar-refractivity contribution in [2.24, 2.45) is 0 Å². The first kappa shape index (κ1) is 21.5. The molecule has 3 aromatic rings. The number of nitrogens with zero attached hydrogens (tertiary/aromatic N) is 2. The Morgan fingerprint density at radius 1 is 1.23 bits per heavy atom. The van der Waals surface area contributed by atoms with Gasteiger partial charge in [-0.2, -0.15) is 0 Å². The number of phenolic OH excluding ortho intramolecular Hbond substituents is 1. The second-order valence-electron chi connectivity index (χ2n) is 7.85. The number of hydrogen-bond donors (Lipinski definition) is 2. The number of rotatable bonds is 5. The zero-order chi connectivity index (χ0) is 22.1. The number of fused-ring (bicyclic) bond motifs is 1. The molecule has 4 rings (SSSR count). The van der Waals surface area contributed by atoms with Gasteiger partial charge in [0.1, 0.15) is 22.8 Å².